The highest BCUT2D eigenvalue weighted by molar-refractivity contribution is 5.92. The standard InChI is InChI=1S/C20H21F2N3O3/c1-12-14(3-2-4-17(12)28-11-18(21)22)10-24-20(27)15-7-8-23-19(25-15)9-16(26)13-5-6-13/h2-4,7-8,13,18H,5-6,9-11H2,1H3,(H,24,27). The van der Waals surface area contributed by atoms with Gasteiger partial charge in [0, 0.05) is 18.7 Å². The molecule has 8 heteroatoms. The lowest BCUT2D eigenvalue weighted by atomic mass is 10.1. The molecule has 1 fully saturated rings. The van der Waals surface area contributed by atoms with Crippen LogP contribution in [0.15, 0.2) is 30.5 Å². The molecule has 148 valence electrons. The minimum atomic E-state index is -2.55. The van der Waals surface area contributed by atoms with E-state index in [4.69, 9.17) is 4.74 Å². The van der Waals surface area contributed by atoms with Crippen molar-refractivity contribution < 1.29 is 23.1 Å². The molecule has 1 heterocycles. The number of nitrogens with zero attached hydrogens (tertiary/aromatic N) is 2. The third-order valence-corrected chi connectivity index (χ3v) is 4.50. The van der Waals surface area contributed by atoms with E-state index in [1.165, 1.54) is 12.3 Å². The molecular formula is C20H21F2N3O3. The van der Waals surface area contributed by atoms with E-state index in [9.17, 15) is 18.4 Å². The number of carbonyl (C=O) groups excluding carboxylic acids is 2. The second-order valence-corrected chi connectivity index (χ2v) is 6.70. The monoisotopic (exact) mass is 389 g/mol. The number of Topliss-reactive ketones (excluding diaryl/α,β-unsaturated/α-hetero) is 1. The Morgan fingerprint density at radius 2 is 2.07 bits per heavy atom. The first-order chi connectivity index (χ1) is 13.4. The summed E-state index contributed by atoms with van der Waals surface area (Å²) in [4.78, 5) is 32.5. The van der Waals surface area contributed by atoms with E-state index in [-0.39, 0.29) is 30.4 Å². The summed E-state index contributed by atoms with van der Waals surface area (Å²) in [7, 11) is 0. The number of hydrogen-bond acceptors (Lipinski definition) is 5. The number of carbonyl (C=O) groups is 2. The number of hydrogen-bond donors (Lipinski definition) is 1. The molecule has 0 radical (unpaired) electrons. The fourth-order valence-corrected chi connectivity index (χ4v) is 2.74. The molecule has 2 aromatic rings. The predicted molar refractivity (Wildman–Crippen MR) is 97.3 cm³/mol. The van der Waals surface area contributed by atoms with Crippen molar-refractivity contribution in [3.63, 3.8) is 0 Å². The number of amides is 1. The van der Waals surface area contributed by atoms with Crippen LogP contribution < -0.4 is 10.1 Å². The maximum Gasteiger partial charge on any atom is 0.272 e. The smallest absolute Gasteiger partial charge is 0.272 e. The van der Waals surface area contributed by atoms with Crippen molar-refractivity contribution in [3.8, 4) is 5.75 Å². The molecule has 6 nitrogen and oxygen atoms in total. The van der Waals surface area contributed by atoms with Crippen molar-refractivity contribution in [3.05, 3.63) is 53.1 Å². The normalized spacial score (nSPS) is 13.4. The SMILES string of the molecule is Cc1c(CNC(=O)c2ccnc(CC(=O)C3CC3)n2)cccc1OCC(F)F. The summed E-state index contributed by atoms with van der Waals surface area (Å²) >= 11 is 0. The molecule has 28 heavy (non-hydrogen) atoms. The summed E-state index contributed by atoms with van der Waals surface area (Å²) in [6.45, 7) is 1.26. The summed E-state index contributed by atoms with van der Waals surface area (Å²) in [6, 6.07) is 6.55. The Balaban J connectivity index is 1.61. The Hall–Kier alpha value is -2.90. The Morgan fingerprint density at radius 1 is 1.29 bits per heavy atom. The molecule has 0 atom stereocenters. The molecule has 0 saturated heterocycles. The average Bonchev–Trinajstić information content (AvgIpc) is 3.51. The van der Waals surface area contributed by atoms with Crippen LogP contribution in [0.3, 0.4) is 0 Å². The second-order valence-electron chi connectivity index (χ2n) is 6.70. The lowest BCUT2D eigenvalue weighted by molar-refractivity contribution is -0.119. The van der Waals surface area contributed by atoms with Gasteiger partial charge in [-0.3, -0.25) is 9.59 Å². The van der Waals surface area contributed by atoms with E-state index in [2.05, 4.69) is 15.3 Å². The molecule has 1 aromatic carbocycles. The first kappa shape index (κ1) is 19.9. The van der Waals surface area contributed by atoms with E-state index >= 15 is 0 Å². The number of alkyl halides is 2. The van der Waals surface area contributed by atoms with Crippen LogP contribution in [0.4, 0.5) is 8.78 Å². The molecule has 0 aliphatic heterocycles. The molecule has 1 aromatic heterocycles. The lowest BCUT2D eigenvalue weighted by Gasteiger charge is -2.13. The minimum absolute atomic E-state index is 0.105. The quantitative estimate of drug-likeness (QED) is 0.713. The van der Waals surface area contributed by atoms with Gasteiger partial charge in [0.05, 0.1) is 6.42 Å². The first-order valence-corrected chi connectivity index (χ1v) is 9.06. The molecule has 0 spiro atoms. The van der Waals surface area contributed by atoms with Crippen molar-refractivity contribution in [2.45, 2.75) is 39.2 Å². The maximum absolute atomic E-state index is 12.4. The van der Waals surface area contributed by atoms with Crippen LogP contribution in [-0.4, -0.2) is 34.7 Å². The summed E-state index contributed by atoms with van der Waals surface area (Å²) in [6.07, 6.45) is 0.869. The average molecular weight is 389 g/mol. The molecule has 1 aliphatic rings. The Labute approximate surface area is 161 Å². The van der Waals surface area contributed by atoms with Gasteiger partial charge in [-0.1, -0.05) is 12.1 Å². The predicted octanol–water partition coefficient (Wildman–Crippen LogP) is 2.88. The Bertz CT molecular complexity index is 870. The first-order valence-electron chi connectivity index (χ1n) is 9.06. The number of aromatic nitrogens is 2. The maximum atomic E-state index is 12.4. The van der Waals surface area contributed by atoms with E-state index in [1.807, 2.05) is 0 Å². The van der Waals surface area contributed by atoms with Gasteiger partial charge in [-0.2, -0.15) is 0 Å². The van der Waals surface area contributed by atoms with E-state index < -0.39 is 18.9 Å². The fraction of sp³-hybridized carbons (Fsp3) is 0.400. The number of nitrogens with one attached hydrogen (secondary N) is 1. The van der Waals surface area contributed by atoms with E-state index in [1.54, 1.807) is 25.1 Å². The molecule has 3 rings (SSSR count). The van der Waals surface area contributed by atoms with Gasteiger partial charge in [0.25, 0.3) is 12.3 Å². The van der Waals surface area contributed by atoms with Gasteiger partial charge in [-0.05, 0) is 43.0 Å². The van der Waals surface area contributed by atoms with Crippen LogP contribution in [0.25, 0.3) is 0 Å². The van der Waals surface area contributed by atoms with Gasteiger partial charge in [0.1, 0.15) is 29.7 Å². The van der Waals surface area contributed by atoms with E-state index in [0.717, 1.165) is 18.4 Å². The van der Waals surface area contributed by atoms with Gasteiger partial charge in [-0.15, -0.1) is 0 Å². The fourth-order valence-electron chi connectivity index (χ4n) is 2.74. The van der Waals surface area contributed by atoms with Crippen LogP contribution in [0.5, 0.6) is 5.75 Å². The van der Waals surface area contributed by atoms with Gasteiger partial charge in [0.15, 0.2) is 0 Å². The molecule has 1 aliphatic carbocycles. The van der Waals surface area contributed by atoms with Gasteiger partial charge >= 0.3 is 0 Å². The van der Waals surface area contributed by atoms with Gasteiger partial charge in [0.2, 0.25) is 0 Å². The molecule has 1 N–H and O–H groups in total. The van der Waals surface area contributed by atoms with Crippen LogP contribution in [0, 0.1) is 12.8 Å². The summed E-state index contributed by atoms with van der Waals surface area (Å²) in [5, 5.41) is 2.75. The molecule has 1 saturated carbocycles. The number of halogens is 2. The Kier molecular flexibility index (Phi) is 6.28. The van der Waals surface area contributed by atoms with Gasteiger partial charge < -0.3 is 10.1 Å². The van der Waals surface area contributed by atoms with Crippen LogP contribution in [0.2, 0.25) is 0 Å². The van der Waals surface area contributed by atoms with E-state index in [0.29, 0.717) is 17.1 Å². The van der Waals surface area contributed by atoms with Crippen molar-refractivity contribution in [2.75, 3.05) is 6.61 Å². The zero-order valence-electron chi connectivity index (χ0n) is 15.5. The number of ether oxygens (including phenoxy) is 1. The zero-order chi connectivity index (χ0) is 20.1. The summed E-state index contributed by atoms with van der Waals surface area (Å²) in [5.74, 6) is 0.510. The van der Waals surface area contributed by atoms with Crippen LogP contribution in [-0.2, 0) is 17.8 Å². The largest absolute Gasteiger partial charge is 0.487 e. The lowest BCUT2D eigenvalue weighted by Crippen LogP contribution is -2.25. The topological polar surface area (TPSA) is 81.2 Å². The molecule has 1 amide bonds. The third kappa shape index (κ3) is 5.31. The number of ketones is 1. The van der Waals surface area contributed by atoms with Crippen molar-refractivity contribution in [1.29, 1.82) is 0 Å². The number of rotatable bonds is 9. The van der Waals surface area contributed by atoms with Crippen LogP contribution >= 0.6 is 0 Å². The molecule has 0 bridgehead atoms. The van der Waals surface area contributed by atoms with Crippen molar-refractivity contribution >= 4 is 11.7 Å². The second kappa shape index (κ2) is 8.86. The molecular weight excluding hydrogens is 368 g/mol. The van der Waals surface area contributed by atoms with Crippen molar-refractivity contribution in [2.24, 2.45) is 5.92 Å². The highest BCUT2D eigenvalue weighted by Gasteiger charge is 2.29. The highest BCUT2D eigenvalue weighted by atomic mass is 19.3. The number of benzene rings is 1. The Morgan fingerprint density at radius 3 is 2.79 bits per heavy atom. The summed E-state index contributed by atoms with van der Waals surface area (Å²) in [5.41, 5.74) is 1.61. The third-order valence-electron chi connectivity index (χ3n) is 4.50. The molecule has 0 unspecified atom stereocenters. The summed E-state index contributed by atoms with van der Waals surface area (Å²) < 4.78 is 29.8. The minimum Gasteiger partial charge on any atom is -0.487 e. The van der Waals surface area contributed by atoms with Crippen molar-refractivity contribution in [1.82, 2.24) is 15.3 Å². The van der Waals surface area contributed by atoms with Gasteiger partial charge in [-0.25, -0.2) is 18.7 Å². The zero-order valence-corrected chi connectivity index (χ0v) is 15.5. The van der Waals surface area contributed by atoms with Crippen LogP contribution in [0.1, 0.15) is 40.3 Å². The highest BCUT2D eigenvalue weighted by Crippen LogP contribution is 2.30.